The predicted octanol–water partition coefficient (Wildman–Crippen LogP) is 2.19. The molecule has 4 heteroatoms. The zero-order valence-corrected chi connectivity index (χ0v) is 11.2. The first-order valence-corrected chi connectivity index (χ1v) is 6.74. The van der Waals surface area contributed by atoms with Crippen LogP contribution in [0.25, 0.3) is 0 Å². The molecule has 0 saturated heterocycles. The molecule has 1 saturated carbocycles. The average molecular weight is 297 g/mol. The van der Waals surface area contributed by atoms with Gasteiger partial charge in [0.25, 0.3) is 0 Å². The average Bonchev–Trinajstić information content (AvgIpc) is 2.72. The monoisotopic (exact) mass is 296 g/mol. The highest BCUT2D eigenvalue weighted by atomic mass is 79.9. The highest BCUT2D eigenvalue weighted by molar-refractivity contribution is 9.10. The molecule has 1 fully saturated rings. The van der Waals surface area contributed by atoms with Crippen molar-refractivity contribution in [2.75, 3.05) is 0 Å². The lowest BCUT2D eigenvalue weighted by Crippen LogP contribution is -2.38. The SMILES string of the molecule is NC1CCCC1C(=O)NCc1cccc(Br)c1. The van der Waals surface area contributed by atoms with Crippen LogP contribution in [0.2, 0.25) is 0 Å². The molecule has 2 atom stereocenters. The molecule has 0 aliphatic heterocycles. The summed E-state index contributed by atoms with van der Waals surface area (Å²) in [5.74, 6) is 0.0946. The zero-order chi connectivity index (χ0) is 12.3. The van der Waals surface area contributed by atoms with Gasteiger partial charge in [-0.15, -0.1) is 0 Å². The molecule has 0 bridgehead atoms. The quantitative estimate of drug-likeness (QED) is 0.898. The number of hydrogen-bond acceptors (Lipinski definition) is 2. The Balaban J connectivity index is 1.88. The van der Waals surface area contributed by atoms with Gasteiger partial charge in [0.2, 0.25) is 5.91 Å². The Labute approximate surface area is 110 Å². The van der Waals surface area contributed by atoms with Gasteiger partial charge in [-0.25, -0.2) is 0 Å². The third-order valence-electron chi connectivity index (χ3n) is 3.26. The largest absolute Gasteiger partial charge is 0.352 e. The van der Waals surface area contributed by atoms with E-state index in [1.165, 1.54) is 0 Å². The van der Waals surface area contributed by atoms with E-state index in [2.05, 4.69) is 21.2 Å². The van der Waals surface area contributed by atoms with Gasteiger partial charge >= 0.3 is 0 Å². The molecule has 2 unspecified atom stereocenters. The number of rotatable bonds is 3. The molecule has 92 valence electrons. The van der Waals surface area contributed by atoms with Crippen LogP contribution in [0.15, 0.2) is 28.7 Å². The van der Waals surface area contributed by atoms with Gasteiger partial charge in [0.05, 0.1) is 5.92 Å². The summed E-state index contributed by atoms with van der Waals surface area (Å²) in [6.07, 6.45) is 2.95. The lowest BCUT2D eigenvalue weighted by molar-refractivity contribution is -0.125. The van der Waals surface area contributed by atoms with Crippen LogP contribution >= 0.6 is 15.9 Å². The number of amides is 1. The van der Waals surface area contributed by atoms with Crippen LogP contribution in [-0.2, 0) is 11.3 Å². The van der Waals surface area contributed by atoms with Gasteiger partial charge in [-0.2, -0.15) is 0 Å². The van der Waals surface area contributed by atoms with E-state index in [4.69, 9.17) is 5.73 Å². The summed E-state index contributed by atoms with van der Waals surface area (Å²) in [7, 11) is 0. The molecule has 0 aromatic heterocycles. The number of carbonyl (C=O) groups is 1. The van der Waals surface area contributed by atoms with Crippen molar-refractivity contribution in [2.45, 2.75) is 31.8 Å². The van der Waals surface area contributed by atoms with Crippen molar-refractivity contribution in [3.8, 4) is 0 Å². The van der Waals surface area contributed by atoms with Crippen molar-refractivity contribution >= 4 is 21.8 Å². The molecular formula is C13H17BrN2O. The summed E-state index contributed by atoms with van der Waals surface area (Å²) >= 11 is 3.41. The molecule has 0 heterocycles. The Hall–Kier alpha value is -0.870. The van der Waals surface area contributed by atoms with Crippen molar-refractivity contribution < 1.29 is 4.79 Å². The second-order valence-corrected chi connectivity index (χ2v) is 5.46. The van der Waals surface area contributed by atoms with Gasteiger partial charge in [-0.05, 0) is 30.5 Å². The van der Waals surface area contributed by atoms with Crippen molar-refractivity contribution in [2.24, 2.45) is 11.7 Å². The summed E-state index contributed by atoms with van der Waals surface area (Å²) in [6, 6.07) is 7.98. The van der Waals surface area contributed by atoms with E-state index in [0.29, 0.717) is 6.54 Å². The van der Waals surface area contributed by atoms with Crippen LogP contribution in [0, 0.1) is 5.92 Å². The zero-order valence-electron chi connectivity index (χ0n) is 9.66. The standard InChI is InChI=1S/C13H17BrN2O/c14-10-4-1-3-9(7-10)8-16-13(17)11-5-2-6-12(11)15/h1,3-4,7,11-12H,2,5-6,8,15H2,(H,16,17). The molecule has 0 spiro atoms. The summed E-state index contributed by atoms with van der Waals surface area (Å²) < 4.78 is 1.03. The lowest BCUT2D eigenvalue weighted by Gasteiger charge is -2.15. The normalized spacial score (nSPS) is 23.6. The Kier molecular flexibility index (Phi) is 4.18. The van der Waals surface area contributed by atoms with Gasteiger partial charge in [-0.1, -0.05) is 34.5 Å². The lowest BCUT2D eigenvalue weighted by atomic mass is 10.0. The fourth-order valence-corrected chi connectivity index (χ4v) is 2.73. The number of halogens is 1. The molecular weight excluding hydrogens is 280 g/mol. The number of hydrogen-bond donors (Lipinski definition) is 2. The molecule has 1 aliphatic rings. The molecule has 17 heavy (non-hydrogen) atoms. The first-order chi connectivity index (χ1) is 8.16. The van der Waals surface area contributed by atoms with E-state index in [0.717, 1.165) is 29.3 Å². The summed E-state index contributed by atoms with van der Waals surface area (Å²) in [5.41, 5.74) is 7.00. The molecule has 1 amide bonds. The van der Waals surface area contributed by atoms with Crippen LogP contribution < -0.4 is 11.1 Å². The fourth-order valence-electron chi connectivity index (χ4n) is 2.28. The minimum absolute atomic E-state index is 0.00199. The van der Waals surface area contributed by atoms with E-state index in [1.807, 2.05) is 24.3 Å². The first kappa shape index (κ1) is 12.6. The Morgan fingerprint density at radius 1 is 1.47 bits per heavy atom. The van der Waals surface area contributed by atoms with Crippen molar-refractivity contribution in [1.82, 2.24) is 5.32 Å². The van der Waals surface area contributed by atoms with Crippen LogP contribution in [0.1, 0.15) is 24.8 Å². The molecule has 3 nitrogen and oxygen atoms in total. The van der Waals surface area contributed by atoms with Crippen LogP contribution in [0.5, 0.6) is 0 Å². The van der Waals surface area contributed by atoms with E-state index < -0.39 is 0 Å². The summed E-state index contributed by atoms with van der Waals surface area (Å²) in [5, 5.41) is 2.96. The first-order valence-electron chi connectivity index (χ1n) is 5.94. The van der Waals surface area contributed by atoms with Crippen LogP contribution in [0.3, 0.4) is 0 Å². The van der Waals surface area contributed by atoms with Gasteiger partial charge in [0.15, 0.2) is 0 Å². The maximum Gasteiger partial charge on any atom is 0.224 e. The van der Waals surface area contributed by atoms with Gasteiger partial charge < -0.3 is 11.1 Å². The molecule has 1 aromatic rings. The molecule has 2 rings (SSSR count). The van der Waals surface area contributed by atoms with E-state index >= 15 is 0 Å². The molecule has 3 N–H and O–H groups in total. The molecule has 1 aromatic carbocycles. The third kappa shape index (κ3) is 3.30. The Morgan fingerprint density at radius 3 is 2.94 bits per heavy atom. The smallest absolute Gasteiger partial charge is 0.224 e. The van der Waals surface area contributed by atoms with Gasteiger partial charge in [0, 0.05) is 17.1 Å². The minimum Gasteiger partial charge on any atom is -0.352 e. The van der Waals surface area contributed by atoms with Crippen LogP contribution in [-0.4, -0.2) is 11.9 Å². The number of nitrogens with one attached hydrogen (secondary N) is 1. The maximum atomic E-state index is 11.9. The van der Waals surface area contributed by atoms with Crippen molar-refractivity contribution in [3.05, 3.63) is 34.3 Å². The molecule has 1 aliphatic carbocycles. The number of benzene rings is 1. The number of carbonyl (C=O) groups excluding carboxylic acids is 1. The van der Waals surface area contributed by atoms with E-state index in [1.54, 1.807) is 0 Å². The Bertz CT molecular complexity index is 408. The fraction of sp³-hybridized carbons (Fsp3) is 0.462. The third-order valence-corrected chi connectivity index (χ3v) is 3.76. The molecule has 0 radical (unpaired) electrons. The Morgan fingerprint density at radius 2 is 2.29 bits per heavy atom. The second kappa shape index (κ2) is 5.65. The van der Waals surface area contributed by atoms with Crippen LogP contribution in [0.4, 0.5) is 0 Å². The van der Waals surface area contributed by atoms with Crippen molar-refractivity contribution in [1.29, 1.82) is 0 Å². The summed E-state index contributed by atoms with van der Waals surface area (Å²) in [6.45, 7) is 0.571. The minimum atomic E-state index is 0.00199. The van der Waals surface area contributed by atoms with Gasteiger partial charge in [-0.3, -0.25) is 4.79 Å². The topological polar surface area (TPSA) is 55.1 Å². The summed E-state index contributed by atoms with van der Waals surface area (Å²) in [4.78, 5) is 11.9. The highest BCUT2D eigenvalue weighted by Gasteiger charge is 2.29. The highest BCUT2D eigenvalue weighted by Crippen LogP contribution is 2.24. The predicted molar refractivity (Wildman–Crippen MR) is 71.3 cm³/mol. The second-order valence-electron chi connectivity index (χ2n) is 4.55. The maximum absolute atomic E-state index is 11.9. The van der Waals surface area contributed by atoms with E-state index in [-0.39, 0.29) is 17.9 Å². The number of nitrogens with two attached hydrogens (primary N) is 1. The van der Waals surface area contributed by atoms with E-state index in [9.17, 15) is 4.79 Å². The van der Waals surface area contributed by atoms with Gasteiger partial charge in [0.1, 0.15) is 0 Å². The van der Waals surface area contributed by atoms with Crippen molar-refractivity contribution in [3.63, 3.8) is 0 Å².